The number of amides is 2. The highest BCUT2D eigenvalue weighted by molar-refractivity contribution is 6.08. The summed E-state index contributed by atoms with van der Waals surface area (Å²) in [6.45, 7) is 1.89. The van der Waals surface area contributed by atoms with E-state index in [0.717, 1.165) is 6.54 Å². The number of nitrogens with zero attached hydrogens (tertiary/aromatic N) is 3. The first-order chi connectivity index (χ1) is 14.4. The highest BCUT2D eigenvalue weighted by atomic mass is 19.3. The Morgan fingerprint density at radius 1 is 1.23 bits per heavy atom. The van der Waals surface area contributed by atoms with Gasteiger partial charge in [-0.3, -0.25) is 14.9 Å². The Morgan fingerprint density at radius 2 is 2.00 bits per heavy atom. The second-order valence-electron chi connectivity index (χ2n) is 8.50. The number of carbonyl (C=O) groups is 2. The number of halogens is 2. The molecule has 8 nitrogen and oxygen atoms in total. The van der Waals surface area contributed by atoms with Crippen molar-refractivity contribution in [3.63, 3.8) is 0 Å². The van der Waals surface area contributed by atoms with Gasteiger partial charge >= 0.3 is 0 Å². The summed E-state index contributed by atoms with van der Waals surface area (Å²) < 4.78 is 35.0. The molecule has 0 aromatic carbocycles. The molecule has 2 N–H and O–H groups in total. The molecule has 3 fully saturated rings. The summed E-state index contributed by atoms with van der Waals surface area (Å²) in [7, 11) is 1.93. The van der Waals surface area contributed by atoms with Crippen molar-refractivity contribution in [2.45, 2.75) is 44.1 Å². The largest absolute Gasteiger partial charge is 0.407 e. The van der Waals surface area contributed by atoms with Gasteiger partial charge in [0.2, 0.25) is 17.7 Å². The molecule has 164 valence electrons. The molecule has 11 heteroatoms. The van der Waals surface area contributed by atoms with Gasteiger partial charge in [0, 0.05) is 25.4 Å². The SMILES string of the molecule is BCN1CCC(C2CCN(c3cnc(NC4CCC(=O)NC4=O)o3)CC2)C(F)(F)C1. The average molecular weight is 423 g/mol. The fourth-order valence-corrected chi connectivity index (χ4v) is 4.86. The lowest BCUT2D eigenvalue weighted by Crippen LogP contribution is -2.52. The van der Waals surface area contributed by atoms with Crippen LogP contribution in [0.15, 0.2) is 10.6 Å². The van der Waals surface area contributed by atoms with Gasteiger partial charge in [0.1, 0.15) is 13.9 Å². The molecule has 2 atom stereocenters. The smallest absolute Gasteiger partial charge is 0.297 e. The second kappa shape index (κ2) is 8.53. The molecule has 0 bridgehead atoms. The van der Waals surface area contributed by atoms with E-state index in [4.69, 9.17) is 4.42 Å². The molecule has 0 radical (unpaired) electrons. The molecule has 0 saturated carbocycles. The Bertz CT molecular complexity index is 784. The van der Waals surface area contributed by atoms with Gasteiger partial charge in [0.25, 0.3) is 11.9 Å². The number of imide groups is 1. The topological polar surface area (TPSA) is 90.7 Å². The Morgan fingerprint density at radius 3 is 2.67 bits per heavy atom. The molecule has 4 rings (SSSR count). The summed E-state index contributed by atoms with van der Waals surface area (Å²) in [5.74, 6) is -3.27. The van der Waals surface area contributed by atoms with E-state index in [2.05, 4.69) is 15.6 Å². The predicted molar refractivity (Wildman–Crippen MR) is 109 cm³/mol. The Hall–Kier alpha value is -2.17. The number of oxazole rings is 1. The molecule has 0 aliphatic carbocycles. The Labute approximate surface area is 175 Å². The van der Waals surface area contributed by atoms with Gasteiger partial charge in [-0.15, -0.1) is 0 Å². The standard InChI is InChI=1S/C19H28BF2N5O3/c20-11-26-6-5-13(19(21,22)10-26)12-3-7-27(8-4-12)16-9-23-18(30-16)24-14-1-2-15(28)25-17(14)29/h9,12-14H,1-8,10-11,20H2,(H,23,24)(H,25,28,29). The molecule has 4 heterocycles. The summed E-state index contributed by atoms with van der Waals surface area (Å²) in [5.41, 5.74) is 0. The molecule has 3 aliphatic heterocycles. The number of carbonyl (C=O) groups excluding carboxylic acids is 2. The minimum absolute atomic E-state index is 0.0132. The van der Waals surface area contributed by atoms with Crippen molar-refractivity contribution in [3.05, 3.63) is 6.20 Å². The Balaban J connectivity index is 1.31. The van der Waals surface area contributed by atoms with E-state index in [1.165, 1.54) is 0 Å². The van der Waals surface area contributed by atoms with Crippen molar-refractivity contribution in [3.8, 4) is 0 Å². The molecule has 1 aromatic heterocycles. The van der Waals surface area contributed by atoms with E-state index in [1.54, 1.807) is 6.20 Å². The number of hydrogen-bond acceptors (Lipinski definition) is 7. The molecule has 3 aliphatic rings. The minimum atomic E-state index is -2.63. The quantitative estimate of drug-likeness (QED) is 0.531. The van der Waals surface area contributed by atoms with Crippen LogP contribution in [0.4, 0.5) is 20.7 Å². The van der Waals surface area contributed by atoms with Crippen molar-refractivity contribution in [1.82, 2.24) is 15.2 Å². The predicted octanol–water partition coefficient (Wildman–Crippen LogP) is 0.656. The maximum atomic E-state index is 14.6. The Kier molecular flexibility index (Phi) is 5.99. The van der Waals surface area contributed by atoms with E-state index < -0.39 is 17.9 Å². The van der Waals surface area contributed by atoms with Gasteiger partial charge in [-0.25, -0.2) is 8.78 Å². The fraction of sp³-hybridized carbons (Fsp3) is 0.737. The molecule has 30 heavy (non-hydrogen) atoms. The van der Waals surface area contributed by atoms with E-state index in [1.807, 2.05) is 17.6 Å². The third-order valence-electron chi connectivity index (χ3n) is 6.63. The molecular weight excluding hydrogens is 395 g/mol. The summed E-state index contributed by atoms with van der Waals surface area (Å²) in [5, 5.41) is 5.20. The number of rotatable bonds is 5. The molecular formula is C19H28BF2N5O3. The van der Waals surface area contributed by atoms with Crippen molar-refractivity contribution in [2.75, 3.05) is 42.8 Å². The van der Waals surface area contributed by atoms with Crippen molar-refractivity contribution in [1.29, 1.82) is 0 Å². The van der Waals surface area contributed by atoms with Crippen molar-refractivity contribution in [2.24, 2.45) is 11.8 Å². The first-order valence-corrected chi connectivity index (χ1v) is 10.8. The summed E-state index contributed by atoms with van der Waals surface area (Å²) in [6, 6.07) is -0.337. The first-order valence-electron chi connectivity index (χ1n) is 10.8. The molecule has 3 saturated heterocycles. The van der Waals surface area contributed by atoms with Crippen LogP contribution in [-0.4, -0.2) is 74.1 Å². The third-order valence-corrected chi connectivity index (χ3v) is 6.63. The third kappa shape index (κ3) is 4.45. The van der Waals surface area contributed by atoms with Crippen LogP contribution in [0.2, 0.25) is 0 Å². The van der Waals surface area contributed by atoms with Gasteiger partial charge in [-0.05, 0) is 44.6 Å². The number of aromatic nitrogens is 1. The number of hydrogen-bond donors (Lipinski definition) is 2. The number of nitrogens with one attached hydrogen (secondary N) is 2. The lowest BCUT2D eigenvalue weighted by atomic mass is 9.76. The zero-order valence-electron chi connectivity index (χ0n) is 17.2. The van der Waals surface area contributed by atoms with Crippen LogP contribution in [-0.2, 0) is 9.59 Å². The van der Waals surface area contributed by atoms with Gasteiger partial charge in [0.05, 0.1) is 12.7 Å². The summed E-state index contributed by atoms with van der Waals surface area (Å²) >= 11 is 0. The van der Waals surface area contributed by atoms with Gasteiger partial charge in [-0.1, -0.05) is 0 Å². The molecule has 2 amide bonds. The van der Waals surface area contributed by atoms with E-state index in [9.17, 15) is 18.4 Å². The monoisotopic (exact) mass is 423 g/mol. The zero-order chi connectivity index (χ0) is 21.3. The van der Waals surface area contributed by atoms with Gasteiger partial charge in [-0.2, -0.15) is 4.98 Å². The average Bonchev–Trinajstić information content (AvgIpc) is 3.18. The lowest BCUT2D eigenvalue weighted by molar-refractivity contribution is -0.133. The second-order valence-corrected chi connectivity index (χ2v) is 8.50. The van der Waals surface area contributed by atoms with Crippen LogP contribution < -0.4 is 15.5 Å². The maximum absolute atomic E-state index is 14.6. The van der Waals surface area contributed by atoms with Crippen molar-refractivity contribution < 1.29 is 22.8 Å². The van der Waals surface area contributed by atoms with E-state index in [0.29, 0.717) is 51.1 Å². The highest BCUT2D eigenvalue weighted by Crippen LogP contribution is 2.42. The van der Waals surface area contributed by atoms with Gasteiger partial charge < -0.3 is 19.5 Å². The van der Waals surface area contributed by atoms with E-state index in [-0.39, 0.29) is 36.7 Å². The van der Waals surface area contributed by atoms with Crippen LogP contribution in [0, 0.1) is 11.8 Å². The zero-order valence-corrected chi connectivity index (χ0v) is 17.2. The normalized spacial score (nSPS) is 28.4. The van der Waals surface area contributed by atoms with Crippen molar-refractivity contribution >= 4 is 31.6 Å². The number of anilines is 2. The number of likely N-dealkylation sites (tertiary alicyclic amines) is 1. The van der Waals surface area contributed by atoms with Crippen LogP contribution in [0.3, 0.4) is 0 Å². The molecule has 0 spiro atoms. The van der Waals surface area contributed by atoms with Crippen LogP contribution >= 0.6 is 0 Å². The maximum Gasteiger partial charge on any atom is 0.297 e. The lowest BCUT2D eigenvalue weighted by Gasteiger charge is -2.44. The van der Waals surface area contributed by atoms with Crippen LogP contribution in [0.25, 0.3) is 0 Å². The minimum Gasteiger partial charge on any atom is -0.407 e. The van der Waals surface area contributed by atoms with Gasteiger partial charge in [0.15, 0.2) is 0 Å². The number of alkyl halides is 2. The van der Waals surface area contributed by atoms with E-state index >= 15 is 0 Å². The summed E-state index contributed by atoms with van der Waals surface area (Å²) in [6.07, 6.45) is 4.86. The van der Waals surface area contributed by atoms with Crippen LogP contribution in [0.5, 0.6) is 0 Å². The molecule has 1 aromatic rings. The first kappa shape index (κ1) is 21.1. The summed E-state index contributed by atoms with van der Waals surface area (Å²) in [4.78, 5) is 31.1. The fourth-order valence-electron chi connectivity index (χ4n) is 4.86. The van der Waals surface area contributed by atoms with Crippen LogP contribution in [0.1, 0.15) is 32.1 Å². The number of piperidine rings is 3. The highest BCUT2D eigenvalue weighted by Gasteiger charge is 2.48. The molecule has 2 unspecified atom stereocenters.